The number of hydrogen-bond donors (Lipinski definition) is 3. The van der Waals surface area contributed by atoms with Crippen LogP contribution in [0.5, 0.6) is 0 Å². The predicted molar refractivity (Wildman–Crippen MR) is 92.3 cm³/mol. The van der Waals surface area contributed by atoms with Crippen LogP contribution < -0.4 is 11.3 Å². The number of ether oxygens (including phenoxy) is 1. The van der Waals surface area contributed by atoms with Gasteiger partial charge in [0.05, 0.1) is 17.6 Å². The van der Waals surface area contributed by atoms with Gasteiger partial charge < -0.3 is 15.5 Å². The van der Waals surface area contributed by atoms with Gasteiger partial charge in [0.15, 0.2) is 0 Å². The second-order valence-corrected chi connectivity index (χ2v) is 6.30. The summed E-state index contributed by atoms with van der Waals surface area (Å²) in [6.45, 7) is 3.60. The van der Waals surface area contributed by atoms with Crippen molar-refractivity contribution in [2.45, 2.75) is 23.6 Å². The Bertz CT molecular complexity index is 1030. The van der Waals surface area contributed by atoms with Gasteiger partial charge in [0.25, 0.3) is 5.56 Å². The molecule has 0 fully saturated rings. The fourth-order valence-electron chi connectivity index (χ4n) is 2.39. The lowest BCUT2D eigenvalue weighted by molar-refractivity contribution is 0.0521. The number of fused-ring (bicyclic) bond motifs is 1. The Labute approximate surface area is 145 Å². The lowest BCUT2D eigenvalue weighted by Gasteiger charge is -2.06. The van der Waals surface area contributed by atoms with Crippen molar-refractivity contribution in [1.82, 2.24) is 15.0 Å². The van der Waals surface area contributed by atoms with Crippen LogP contribution in [0.1, 0.15) is 23.0 Å². The Kier molecular flexibility index (Phi) is 4.49. The smallest absolute Gasteiger partial charge is 0.341 e. The molecule has 130 valence electrons. The number of nitrogen functional groups attached to an aromatic ring is 1. The number of hydrogen-bond acceptors (Lipinski definition) is 6. The monoisotopic (exact) mass is 362 g/mol. The summed E-state index contributed by atoms with van der Waals surface area (Å²) in [5, 5.41) is 0.353. The molecule has 3 aromatic rings. The lowest BCUT2D eigenvalue weighted by atomic mass is 10.2. The van der Waals surface area contributed by atoms with Gasteiger partial charge in [-0.3, -0.25) is 9.78 Å². The van der Waals surface area contributed by atoms with E-state index in [0.717, 1.165) is 0 Å². The molecule has 0 aliphatic heterocycles. The summed E-state index contributed by atoms with van der Waals surface area (Å²) in [6.07, 6.45) is 0. The molecule has 25 heavy (non-hydrogen) atoms. The van der Waals surface area contributed by atoms with Gasteiger partial charge in [-0.25, -0.2) is 9.18 Å². The van der Waals surface area contributed by atoms with E-state index in [0.29, 0.717) is 26.5 Å². The maximum Gasteiger partial charge on any atom is 0.341 e. The number of aromatic nitrogens is 3. The van der Waals surface area contributed by atoms with E-state index in [1.807, 2.05) is 0 Å². The van der Waals surface area contributed by atoms with Crippen LogP contribution in [-0.2, 0) is 4.74 Å². The van der Waals surface area contributed by atoms with Crippen LogP contribution in [0.4, 0.5) is 10.3 Å². The zero-order chi connectivity index (χ0) is 18.1. The summed E-state index contributed by atoms with van der Waals surface area (Å²) in [4.78, 5) is 34.5. The van der Waals surface area contributed by atoms with E-state index >= 15 is 0 Å². The van der Waals surface area contributed by atoms with Gasteiger partial charge in [0.1, 0.15) is 11.5 Å². The zero-order valence-corrected chi connectivity index (χ0v) is 14.3. The van der Waals surface area contributed by atoms with Crippen LogP contribution in [0, 0.1) is 12.7 Å². The molecule has 0 spiro atoms. The van der Waals surface area contributed by atoms with Crippen molar-refractivity contribution in [3.8, 4) is 0 Å². The summed E-state index contributed by atoms with van der Waals surface area (Å²) in [5.41, 5.74) is 6.10. The first-order chi connectivity index (χ1) is 11.9. The number of aromatic amines is 2. The molecule has 0 aliphatic carbocycles. The van der Waals surface area contributed by atoms with Crippen molar-refractivity contribution in [3.05, 3.63) is 45.6 Å². The summed E-state index contributed by atoms with van der Waals surface area (Å²) in [6, 6.07) is 4.19. The highest BCUT2D eigenvalue weighted by Crippen LogP contribution is 2.35. The minimum Gasteiger partial charge on any atom is -0.462 e. The molecule has 1 aromatic carbocycles. The van der Waals surface area contributed by atoms with E-state index in [4.69, 9.17) is 10.5 Å². The van der Waals surface area contributed by atoms with Crippen molar-refractivity contribution in [2.75, 3.05) is 12.3 Å². The molecule has 0 atom stereocenters. The molecule has 0 saturated heterocycles. The summed E-state index contributed by atoms with van der Waals surface area (Å²) in [7, 11) is 0. The van der Waals surface area contributed by atoms with E-state index in [-0.39, 0.29) is 23.7 Å². The van der Waals surface area contributed by atoms with Crippen LogP contribution >= 0.6 is 11.8 Å². The molecule has 0 unspecified atom stereocenters. The number of nitrogens with one attached hydrogen (secondary N) is 2. The highest BCUT2D eigenvalue weighted by molar-refractivity contribution is 7.99. The van der Waals surface area contributed by atoms with Crippen LogP contribution in [0.3, 0.4) is 0 Å². The Morgan fingerprint density at radius 3 is 2.84 bits per heavy atom. The third kappa shape index (κ3) is 3.22. The number of rotatable bonds is 4. The highest BCUT2D eigenvalue weighted by atomic mass is 32.2. The average molecular weight is 362 g/mol. The van der Waals surface area contributed by atoms with E-state index in [1.54, 1.807) is 19.9 Å². The van der Waals surface area contributed by atoms with Crippen LogP contribution in [0.15, 0.2) is 32.8 Å². The molecule has 7 nitrogen and oxygen atoms in total. The maximum atomic E-state index is 14.2. The molecular formula is C16H15FN4O3S. The molecule has 4 N–H and O–H groups in total. The van der Waals surface area contributed by atoms with E-state index in [1.165, 1.54) is 23.9 Å². The average Bonchev–Trinajstić information content (AvgIpc) is 2.83. The number of nitrogens with zero attached hydrogens (tertiary/aromatic N) is 1. The van der Waals surface area contributed by atoms with Crippen LogP contribution in [0.2, 0.25) is 0 Å². The second kappa shape index (κ2) is 6.60. The first kappa shape index (κ1) is 17.0. The molecule has 0 amide bonds. The van der Waals surface area contributed by atoms with Crippen molar-refractivity contribution < 1.29 is 13.9 Å². The van der Waals surface area contributed by atoms with Crippen molar-refractivity contribution in [3.63, 3.8) is 0 Å². The van der Waals surface area contributed by atoms with Crippen LogP contribution in [0.25, 0.3) is 11.0 Å². The van der Waals surface area contributed by atoms with Gasteiger partial charge in [-0.2, -0.15) is 4.98 Å². The fraction of sp³-hybridized carbons (Fsp3) is 0.188. The van der Waals surface area contributed by atoms with Crippen molar-refractivity contribution in [2.24, 2.45) is 0 Å². The first-order valence-corrected chi connectivity index (χ1v) is 8.25. The number of nitrogens with two attached hydrogens (primary N) is 1. The number of H-pyrrole nitrogens is 2. The number of carbonyl (C=O) groups is 1. The highest BCUT2D eigenvalue weighted by Gasteiger charge is 2.17. The van der Waals surface area contributed by atoms with Gasteiger partial charge in [0.2, 0.25) is 5.95 Å². The van der Waals surface area contributed by atoms with Crippen LogP contribution in [-0.4, -0.2) is 27.5 Å². The van der Waals surface area contributed by atoms with E-state index in [9.17, 15) is 14.0 Å². The SMILES string of the molecule is CCOC(=O)c1ccc(Sc2c(C)[nH]c3nc(N)[nH]c(=O)c23)cc1F. The molecule has 0 aliphatic rings. The summed E-state index contributed by atoms with van der Waals surface area (Å²) in [5.74, 6) is -1.38. The van der Waals surface area contributed by atoms with Gasteiger partial charge in [-0.05, 0) is 32.0 Å². The minimum absolute atomic E-state index is 0.0140. The minimum atomic E-state index is -0.712. The third-order valence-corrected chi connectivity index (χ3v) is 4.67. The predicted octanol–water partition coefficient (Wildman–Crippen LogP) is 2.61. The normalized spacial score (nSPS) is 11.0. The molecular weight excluding hydrogens is 347 g/mol. The summed E-state index contributed by atoms with van der Waals surface area (Å²) >= 11 is 1.19. The molecule has 0 saturated carbocycles. The maximum absolute atomic E-state index is 14.2. The molecule has 2 aromatic heterocycles. The third-order valence-electron chi connectivity index (χ3n) is 3.47. The van der Waals surface area contributed by atoms with Gasteiger partial charge in [-0.15, -0.1) is 0 Å². The van der Waals surface area contributed by atoms with E-state index in [2.05, 4.69) is 15.0 Å². The largest absolute Gasteiger partial charge is 0.462 e. The molecule has 0 bridgehead atoms. The fourth-order valence-corrected chi connectivity index (χ4v) is 3.42. The zero-order valence-electron chi connectivity index (χ0n) is 13.5. The molecule has 3 rings (SSSR count). The number of aryl methyl sites for hydroxylation is 1. The molecule has 2 heterocycles. The van der Waals surface area contributed by atoms with Gasteiger partial charge in [0, 0.05) is 15.5 Å². The number of carbonyl (C=O) groups excluding carboxylic acids is 1. The van der Waals surface area contributed by atoms with Gasteiger partial charge in [-0.1, -0.05) is 11.8 Å². The Hall–Kier alpha value is -2.81. The molecule has 0 radical (unpaired) electrons. The number of esters is 1. The lowest BCUT2D eigenvalue weighted by Crippen LogP contribution is -2.10. The standard InChI is InChI=1S/C16H15FN4O3S/c1-3-24-15(23)9-5-4-8(6-10(9)17)25-12-7(2)19-13-11(12)14(22)21-16(18)20-13/h4-6H,3H2,1-2H3,(H4,18,19,20,21,22). The summed E-state index contributed by atoms with van der Waals surface area (Å²) < 4.78 is 19.0. The number of benzene rings is 1. The molecule has 9 heteroatoms. The van der Waals surface area contributed by atoms with Crippen molar-refractivity contribution in [1.29, 1.82) is 0 Å². The Morgan fingerprint density at radius 1 is 1.40 bits per heavy atom. The quantitative estimate of drug-likeness (QED) is 0.615. The second-order valence-electron chi connectivity index (χ2n) is 5.22. The topological polar surface area (TPSA) is 114 Å². The Balaban J connectivity index is 2.00. The first-order valence-electron chi connectivity index (χ1n) is 7.43. The van der Waals surface area contributed by atoms with E-state index < -0.39 is 11.8 Å². The number of halogens is 1. The number of anilines is 1. The Morgan fingerprint density at radius 2 is 2.16 bits per heavy atom. The van der Waals surface area contributed by atoms with Crippen molar-refractivity contribution >= 4 is 34.7 Å². The van der Waals surface area contributed by atoms with Gasteiger partial charge >= 0.3 is 5.97 Å².